The van der Waals surface area contributed by atoms with Crippen LogP contribution in [0.15, 0.2) is 115 Å². The number of carbonyl (C=O) groups excluding carboxylic acids is 9. The maximum Gasteiger partial charge on any atom is 0.419 e. The highest BCUT2D eigenvalue weighted by Crippen LogP contribution is 2.50. The Morgan fingerprint density at radius 1 is 0.678 bits per heavy atom. The van der Waals surface area contributed by atoms with Crippen LogP contribution in [-0.2, 0) is 55.9 Å². The van der Waals surface area contributed by atoms with Gasteiger partial charge in [0.15, 0.2) is 29.0 Å². The van der Waals surface area contributed by atoms with Gasteiger partial charge in [-0.1, -0.05) is 141 Å². The first-order valence-electron chi connectivity index (χ1n) is 35.4. The molecule has 0 radical (unpaired) electrons. The number of methoxy groups -OCH3 is 1. The first-order valence-corrected chi connectivity index (χ1v) is 43.5. The number of rotatable bonds is 20. The van der Waals surface area contributed by atoms with Gasteiger partial charge in [-0.25, -0.2) is 9.59 Å². The lowest BCUT2D eigenvalue weighted by molar-refractivity contribution is -0.387. The Balaban J connectivity index is 1.36. The zero-order chi connectivity index (χ0) is 85.5. The molecular weight excluding hydrogens is 1650 g/mol. The molecule has 0 fully saturated rings. The number of hydrogen-bond acceptors (Lipinski definition) is 19. The number of phenolic OH excluding ortho intramolecular Hbond substituents is 4. The van der Waals surface area contributed by atoms with Crippen molar-refractivity contribution in [3.8, 4) is 45.6 Å². The predicted octanol–water partition coefficient (Wildman–Crippen LogP) is 15.5. The number of phenols is 4. The Labute approximate surface area is 692 Å². The fraction of sp³-hybridized carbons (Fsp3) is 0.329. The smallest absolute Gasteiger partial charge is 0.419 e. The highest BCUT2D eigenvalue weighted by atomic mass is 35.5. The Morgan fingerprint density at radius 2 is 1.23 bits per heavy atom. The van der Waals surface area contributed by atoms with Gasteiger partial charge in [-0.05, 0) is 169 Å². The normalized spacial score (nSPS) is 15.7. The van der Waals surface area contributed by atoms with Crippen molar-refractivity contribution in [1.82, 2.24) is 36.1 Å². The van der Waals surface area contributed by atoms with E-state index in [1.807, 2.05) is 67.7 Å². The Morgan fingerprint density at radius 3 is 1.78 bits per heavy atom. The molecular formula is C79H83Cl6FN8O19Si2. The molecule has 6 amide bonds. The minimum absolute atomic E-state index is 0.00391. The number of ketones is 1. The minimum atomic E-state index is -3.18. The van der Waals surface area contributed by atoms with Crippen LogP contribution in [0.1, 0.15) is 130 Å². The van der Waals surface area contributed by atoms with Crippen molar-refractivity contribution in [2.24, 2.45) is 0 Å². The number of aromatic nitrogens is 1. The van der Waals surface area contributed by atoms with Crippen molar-refractivity contribution in [3.63, 3.8) is 0 Å². The molecule has 36 heteroatoms. The third-order valence-electron chi connectivity index (χ3n) is 20.1. The zero-order valence-corrected chi connectivity index (χ0v) is 71.3. The van der Waals surface area contributed by atoms with E-state index in [1.165, 1.54) is 42.6 Å². The summed E-state index contributed by atoms with van der Waals surface area (Å²) in [6.45, 7) is 24.5. The topological polar surface area (TPSA) is 383 Å². The van der Waals surface area contributed by atoms with E-state index in [1.54, 1.807) is 39.0 Å². The molecule has 3 heterocycles. The molecule has 6 bridgehead atoms. The van der Waals surface area contributed by atoms with Crippen LogP contribution in [0.3, 0.4) is 0 Å². The number of carbonyl (C=O) groups is 9. The second-order valence-corrected chi connectivity index (χ2v) is 43.4. The number of hydrogen-bond donors (Lipinski definition) is 9. The van der Waals surface area contributed by atoms with Gasteiger partial charge in [0, 0.05) is 48.7 Å². The molecule has 0 unspecified atom stereocenters. The van der Waals surface area contributed by atoms with Crippen molar-refractivity contribution < 1.29 is 91.2 Å². The van der Waals surface area contributed by atoms with Crippen LogP contribution < -0.4 is 35.4 Å². The number of nitrogens with one attached hydrogen (secondary N) is 5. The summed E-state index contributed by atoms with van der Waals surface area (Å²) < 4.78 is 42.1. The van der Waals surface area contributed by atoms with Crippen molar-refractivity contribution in [2.45, 2.75) is 153 Å². The predicted molar refractivity (Wildman–Crippen MR) is 436 cm³/mol. The van der Waals surface area contributed by atoms with E-state index >= 15 is 28.4 Å². The molecule has 115 heavy (non-hydrogen) atoms. The van der Waals surface area contributed by atoms with Crippen molar-refractivity contribution >= 4 is 156 Å². The first kappa shape index (κ1) is 88.8. The molecule has 7 aromatic carbocycles. The van der Waals surface area contributed by atoms with E-state index in [0.717, 1.165) is 78.2 Å². The molecule has 610 valence electrons. The second kappa shape index (κ2) is 34.3. The molecule has 2 aliphatic rings. The Kier molecular flexibility index (Phi) is 26.5. The van der Waals surface area contributed by atoms with E-state index in [2.05, 4.69) is 26.6 Å². The van der Waals surface area contributed by atoms with Gasteiger partial charge in [0.05, 0.1) is 47.7 Å². The van der Waals surface area contributed by atoms with E-state index in [-0.39, 0.29) is 72.7 Å². The fourth-order valence-corrected chi connectivity index (χ4v) is 15.3. The average Bonchev–Trinajstić information content (AvgIpc) is 1.73. The highest BCUT2D eigenvalue weighted by molar-refractivity contribution is 6.75. The molecule has 0 saturated carbocycles. The van der Waals surface area contributed by atoms with Crippen LogP contribution in [-0.4, -0.2) is 137 Å². The fourth-order valence-electron chi connectivity index (χ4n) is 11.8. The van der Waals surface area contributed by atoms with Gasteiger partial charge >= 0.3 is 17.7 Å². The number of ether oxygens (including phenoxy) is 2. The summed E-state index contributed by atoms with van der Waals surface area (Å²) >= 11 is 39.1. The van der Waals surface area contributed by atoms with Gasteiger partial charge in [0.2, 0.25) is 41.1 Å². The number of amides is 6. The van der Waals surface area contributed by atoms with Crippen LogP contribution in [0, 0.1) is 15.9 Å². The van der Waals surface area contributed by atoms with Crippen LogP contribution in [0.25, 0.3) is 22.0 Å². The summed E-state index contributed by atoms with van der Waals surface area (Å²) in [5, 5.41) is 64.3. The Bertz CT molecular complexity index is 5210. The van der Waals surface area contributed by atoms with Gasteiger partial charge in [0.25, 0.3) is 22.5 Å². The van der Waals surface area contributed by atoms with E-state index in [4.69, 9.17) is 87.9 Å². The molecule has 1 aromatic heterocycles. The summed E-state index contributed by atoms with van der Waals surface area (Å²) in [5.74, 6) is -13.7. The van der Waals surface area contributed by atoms with E-state index in [0.29, 0.717) is 0 Å². The molecule has 8 aromatic rings. The van der Waals surface area contributed by atoms with Gasteiger partial charge in [-0.15, -0.1) is 0 Å². The number of nitro benzene ring substituents is 1. The number of aromatic hydroxyl groups is 4. The number of nitro groups is 1. The SMILES string of the molecule is COC(=O)[C@H](NC(=O)[C@H](Cc1ccc(F)c([N+](=O)[O-])c1)N(C)C(=O)[C@H](NC(=O)[C@@H]1NC(=O)[C@@H](c2cc(Cl)c(O)c(Cl)c2)NC(=O)[C@H](NC(=O)C(=O)c2cc(Cl)c(O)c(Cl)c2)Cc2cn(C(=O)OC(C)(C)C)c3cc(ccc23)-c2cc1cc(O[Si](C)(C)C(C)(C)C)c2O[Si](C)(C)C(C)(C)C)c1cc(Cl)c(O)c(Cl)c1)c1ccc(O)cc1. The van der Waals surface area contributed by atoms with Crippen molar-refractivity contribution in [3.05, 3.63) is 200 Å². The lowest BCUT2D eigenvalue weighted by atomic mass is 9.94. The largest absolute Gasteiger partial charge is 0.541 e. The van der Waals surface area contributed by atoms with Crippen molar-refractivity contribution in [2.75, 3.05) is 14.2 Å². The number of nitrogens with zero attached hydrogens (tertiary/aromatic N) is 3. The van der Waals surface area contributed by atoms with Crippen LogP contribution >= 0.6 is 69.6 Å². The lowest BCUT2D eigenvalue weighted by Crippen LogP contribution is -2.55. The maximum atomic E-state index is 16.8. The molecule has 0 spiro atoms. The molecule has 6 atom stereocenters. The number of Topliss-reactive ketones (excluding diaryl/α,β-unsaturated/α-hetero) is 1. The van der Waals surface area contributed by atoms with Gasteiger partial charge in [-0.2, -0.15) is 4.39 Å². The number of esters is 1. The third kappa shape index (κ3) is 19.9. The van der Waals surface area contributed by atoms with Crippen LogP contribution in [0.2, 0.25) is 66.4 Å². The van der Waals surface area contributed by atoms with Crippen LogP contribution in [0.5, 0.6) is 34.5 Å². The summed E-state index contributed by atoms with van der Waals surface area (Å²) in [5.41, 5.74) is -2.93. The van der Waals surface area contributed by atoms with Gasteiger partial charge < -0.3 is 70.2 Å². The molecule has 27 nitrogen and oxygen atoms in total. The van der Waals surface area contributed by atoms with Gasteiger partial charge in [-0.3, -0.25) is 48.2 Å². The minimum Gasteiger partial charge on any atom is -0.541 e. The second-order valence-electron chi connectivity index (χ2n) is 31.5. The van der Waals surface area contributed by atoms with E-state index < -0.39 is 204 Å². The summed E-state index contributed by atoms with van der Waals surface area (Å²) in [7, 11) is -4.23. The monoisotopic (exact) mass is 1730 g/mol. The maximum absolute atomic E-state index is 16.8. The number of fused-ring (bicyclic) bond motifs is 8. The highest BCUT2D eigenvalue weighted by Gasteiger charge is 2.46. The molecule has 0 aliphatic carbocycles. The summed E-state index contributed by atoms with van der Waals surface area (Å²) in [4.78, 5) is 150. The van der Waals surface area contributed by atoms with Crippen molar-refractivity contribution in [1.29, 1.82) is 0 Å². The molecule has 0 saturated heterocycles. The quantitative estimate of drug-likeness (QED) is 0.00854. The third-order valence-corrected chi connectivity index (χ3v) is 30.5. The lowest BCUT2D eigenvalue weighted by Gasteiger charge is -2.40. The molecule has 9 N–H and O–H groups in total. The molecule has 2 aliphatic heterocycles. The number of benzene rings is 7. The Hall–Kier alpha value is -10.2. The number of halogens is 7. The van der Waals surface area contributed by atoms with Gasteiger partial charge in [0.1, 0.15) is 47.3 Å². The summed E-state index contributed by atoms with van der Waals surface area (Å²) in [6, 6.07) is 9.12. The average molecular weight is 1740 g/mol. The number of likely N-dealkylation sites (N-methyl/N-ethyl adjacent to an activating group) is 1. The first-order chi connectivity index (χ1) is 53.3. The zero-order valence-electron chi connectivity index (χ0n) is 64.7. The standard InChI is InChI=1S/C79H83Cl6FN8O19Si2/c1-77(2,3)111-76(107)93-36-44-33-55(87-73(104)64(96)43-31-52(84)67(99)53(85)32-43)69(100)88-61(41-27-48(80)65(97)49(81)28-41)71(102)89-60(40-26-47(39-19-22-46(44)56(93)34-39)68(113-115(14,15)79(7,8)9)59(35-40)112-114(12,13)78(4,5)6)72(103)90-62(42-29-50(82)66(98)51(83)30-42)74(105)92(10)58(25-37-16-23-54(86)57(24-37)94(108)109)70(101)91-63(75(106)110-11)38-17-20-45(95)21-18-38/h16-24,26-32,34-36,55,58,60-63,95,97-99H,25,33H2,1-15H3,(H,87,104)(H,88,100)(H,89,102)(H,90,103)(H,91,101)/t55-,58+,60-,61-,62-,63-/m1/s1. The molecule has 10 rings (SSSR count). The summed E-state index contributed by atoms with van der Waals surface area (Å²) in [6.07, 6.45) is -0.930. The van der Waals surface area contributed by atoms with Crippen LogP contribution in [0.4, 0.5) is 14.9 Å². The van der Waals surface area contributed by atoms with E-state index in [9.17, 15) is 49.7 Å².